The van der Waals surface area contributed by atoms with Gasteiger partial charge in [-0.3, -0.25) is 9.69 Å². The average Bonchev–Trinajstić information content (AvgIpc) is 2.81. The Morgan fingerprint density at radius 1 is 0.879 bits per heavy atom. The maximum absolute atomic E-state index is 12.8. The second kappa shape index (κ2) is 10.1. The van der Waals surface area contributed by atoms with Crippen LogP contribution in [0.2, 0.25) is 0 Å². The van der Waals surface area contributed by atoms with E-state index in [2.05, 4.69) is 9.47 Å². The lowest BCUT2D eigenvalue weighted by Crippen LogP contribution is -2.37. The quantitative estimate of drug-likeness (QED) is 0.385. The first kappa shape index (κ1) is 23.6. The van der Waals surface area contributed by atoms with Gasteiger partial charge in [-0.1, -0.05) is 48.5 Å². The third-order valence-electron chi connectivity index (χ3n) is 4.68. The standard InChI is InChI=1S/C24H20F3NO5/c1-31-21-13-10-18(17-8-11-19(12-9-17)33-24(25,26)27)14-20(21)28(22(29)23(30)32-2)15-16-6-4-3-5-7-16/h3-14H,15H2,1-2H3. The number of benzene rings is 3. The fourth-order valence-electron chi connectivity index (χ4n) is 3.16. The van der Waals surface area contributed by atoms with Crippen molar-refractivity contribution in [2.75, 3.05) is 19.1 Å². The molecule has 0 saturated heterocycles. The van der Waals surface area contributed by atoms with E-state index in [4.69, 9.17) is 4.74 Å². The molecule has 0 spiro atoms. The first-order chi connectivity index (χ1) is 15.7. The minimum absolute atomic E-state index is 0.0624. The fourth-order valence-corrected chi connectivity index (χ4v) is 3.16. The largest absolute Gasteiger partial charge is 0.573 e. The average molecular weight is 459 g/mol. The number of anilines is 1. The van der Waals surface area contributed by atoms with Crippen LogP contribution in [0, 0.1) is 0 Å². The molecule has 0 aromatic heterocycles. The maximum atomic E-state index is 12.8. The smallest absolute Gasteiger partial charge is 0.495 e. The molecule has 0 heterocycles. The normalized spacial score (nSPS) is 10.9. The Labute approximate surface area is 188 Å². The molecular formula is C24H20F3NO5. The van der Waals surface area contributed by atoms with Gasteiger partial charge >= 0.3 is 18.2 Å². The Morgan fingerprint density at radius 3 is 2.09 bits per heavy atom. The van der Waals surface area contributed by atoms with Gasteiger partial charge in [-0.25, -0.2) is 4.79 Å². The molecule has 0 bridgehead atoms. The van der Waals surface area contributed by atoms with E-state index in [1.54, 1.807) is 42.5 Å². The number of methoxy groups -OCH3 is 2. The highest BCUT2D eigenvalue weighted by Gasteiger charge is 2.31. The highest BCUT2D eigenvalue weighted by molar-refractivity contribution is 6.38. The number of alkyl halides is 3. The Hall–Kier alpha value is -4.01. The van der Waals surface area contributed by atoms with E-state index in [1.165, 1.54) is 36.3 Å². The first-order valence-corrected chi connectivity index (χ1v) is 9.70. The molecular weight excluding hydrogens is 439 g/mol. The summed E-state index contributed by atoms with van der Waals surface area (Å²) < 4.78 is 51.2. The lowest BCUT2D eigenvalue weighted by molar-refractivity contribution is -0.274. The number of carbonyl (C=O) groups excluding carboxylic acids is 2. The van der Waals surface area contributed by atoms with Gasteiger partial charge in [-0.05, 0) is 41.0 Å². The maximum Gasteiger partial charge on any atom is 0.573 e. The number of nitrogens with zero attached hydrogens (tertiary/aromatic N) is 1. The molecule has 3 aromatic rings. The number of rotatable bonds is 6. The van der Waals surface area contributed by atoms with E-state index in [9.17, 15) is 22.8 Å². The van der Waals surface area contributed by atoms with Crippen molar-refractivity contribution in [1.29, 1.82) is 0 Å². The summed E-state index contributed by atoms with van der Waals surface area (Å²) in [5, 5.41) is 0. The highest BCUT2D eigenvalue weighted by atomic mass is 19.4. The molecule has 1 amide bonds. The van der Waals surface area contributed by atoms with Gasteiger partial charge in [0.1, 0.15) is 11.5 Å². The molecule has 0 aliphatic carbocycles. The SMILES string of the molecule is COC(=O)C(=O)N(Cc1ccccc1)c1cc(-c2ccc(OC(F)(F)F)cc2)ccc1OC. The van der Waals surface area contributed by atoms with Gasteiger partial charge in [-0.2, -0.15) is 0 Å². The third kappa shape index (κ3) is 6.03. The van der Waals surface area contributed by atoms with E-state index >= 15 is 0 Å². The van der Waals surface area contributed by atoms with Gasteiger partial charge < -0.3 is 14.2 Å². The Balaban J connectivity index is 2.02. The summed E-state index contributed by atoms with van der Waals surface area (Å²) >= 11 is 0. The van der Waals surface area contributed by atoms with Crippen LogP contribution in [0.5, 0.6) is 11.5 Å². The number of hydrogen-bond donors (Lipinski definition) is 0. The zero-order valence-electron chi connectivity index (χ0n) is 17.8. The molecule has 6 nitrogen and oxygen atoms in total. The molecule has 9 heteroatoms. The van der Waals surface area contributed by atoms with Crippen molar-refractivity contribution in [1.82, 2.24) is 0 Å². The van der Waals surface area contributed by atoms with E-state index in [0.717, 1.165) is 12.7 Å². The molecule has 0 aliphatic heterocycles. The summed E-state index contributed by atoms with van der Waals surface area (Å²) in [5.74, 6) is -1.98. The van der Waals surface area contributed by atoms with Crippen LogP contribution in [0.1, 0.15) is 5.56 Å². The lowest BCUT2D eigenvalue weighted by atomic mass is 10.0. The van der Waals surface area contributed by atoms with Crippen LogP contribution in [0.4, 0.5) is 18.9 Å². The number of carbonyl (C=O) groups is 2. The summed E-state index contributed by atoms with van der Waals surface area (Å²) in [6.45, 7) is 0.0624. The summed E-state index contributed by atoms with van der Waals surface area (Å²) in [7, 11) is 2.53. The fraction of sp³-hybridized carbons (Fsp3) is 0.167. The molecule has 3 aromatic carbocycles. The molecule has 0 fully saturated rings. The molecule has 0 atom stereocenters. The van der Waals surface area contributed by atoms with Gasteiger partial charge in [0.05, 0.1) is 26.5 Å². The Morgan fingerprint density at radius 2 is 1.52 bits per heavy atom. The van der Waals surface area contributed by atoms with Crippen molar-refractivity contribution in [2.45, 2.75) is 12.9 Å². The van der Waals surface area contributed by atoms with Crippen LogP contribution < -0.4 is 14.4 Å². The zero-order chi connectivity index (χ0) is 24.0. The topological polar surface area (TPSA) is 65.1 Å². The second-order valence-electron chi connectivity index (χ2n) is 6.83. The molecule has 0 radical (unpaired) electrons. The number of hydrogen-bond acceptors (Lipinski definition) is 5. The van der Waals surface area contributed by atoms with Crippen LogP contribution in [0.15, 0.2) is 72.8 Å². The predicted molar refractivity (Wildman–Crippen MR) is 115 cm³/mol. The first-order valence-electron chi connectivity index (χ1n) is 9.70. The van der Waals surface area contributed by atoms with Crippen molar-refractivity contribution >= 4 is 17.6 Å². The minimum atomic E-state index is -4.79. The number of amides is 1. The van der Waals surface area contributed by atoms with E-state index in [-0.39, 0.29) is 12.3 Å². The molecule has 0 N–H and O–H groups in total. The van der Waals surface area contributed by atoms with E-state index < -0.39 is 18.2 Å². The predicted octanol–water partition coefficient (Wildman–Crippen LogP) is 4.97. The number of ether oxygens (including phenoxy) is 3. The Kier molecular flexibility index (Phi) is 7.22. The van der Waals surface area contributed by atoms with Crippen molar-refractivity contribution < 1.29 is 37.0 Å². The van der Waals surface area contributed by atoms with Crippen LogP contribution >= 0.6 is 0 Å². The summed E-state index contributed by atoms with van der Waals surface area (Å²) in [5.41, 5.74) is 2.21. The van der Waals surface area contributed by atoms with Crippen LogP contribution in [0.3, 0.4) is 0 Å². The van der Waals surface area contributed by atoms with Gasteiger partial charge in [-0.15, -0.1) is 13.2 Å². The molecule has 33 heavy (non-hydrogen) atoms. The van der Waals surface area contributed by atoms with Gasteiger partial charge in [0.25, 0.3) is 0 Å². The molecule has 3 rings (SSSR count). The van der Waals surface area contributed by atoms with Crippen LogP contribution in [-0.2, 0) is 20.9 Å². The molecule has 0 unspecified atom stereocenters. The van der Waals surface area contributed by atoms with Crippen molar-refractivity contribution in [3.05, 3.63) is 78.4 Å². The van der Waals surface area contributed by atoms with Crippen LogP contribution in [-0.4, -0.2) is 32.5 Å². The van der Waals surface area contributed by atoms with Crippen molar-refractivity contribution in [3.8, 4) is 22.6 Å². The highest BCUT2D eigenvalue weighted by Crippen LogP contribution is 2.35. The molecule has 0 saturated carbocycles. The van der Waals surface area contributed by atoms with E-state index in [0.29, 0.717) is 22.6 Å². The Bertz CT molecular complexity index is 1120. The van der Waals surface area contributed by atoms with Gasteiger partial charge in [0.2, 0.25) is 0 Å². The third-order valence-corrected chi connectivity index (χ3v) is 4.68. The van der Waals surface area contributed by atoms with Crippen molar-refractivity contribution in [3.63, 3.8) is 0 Å². The van der Waals surface area contributed by atoms with Crippen molar-refractivity contribution in [2.24, 2.45) is 0 Å². The minimum Gasteiger partial charge on any atom is -0.495 e. The summed E-state index contributed by atoms with van der Waals surface area (Å²) in [4.78, 5) is 26.1. The number of halogens is 3. The number of esters is 1. The summed E-state index contributed by atoms with van der Waals surface area (Å²) in [6, 6.07) is 19.2. The molecule has 172 valence electrons. The van der Waals surface area contributed by atoms with Crippen LogP contribution in [0.25, 0.3) is 11.1 Å². The van der Waals surface area contributed by atoms with Gasteiger partial charge in [0, 0.05) is 0 Å². The lowest BCUT2D eigenvalue weighted by Gasteiger charge is -2.24. The summed E-state index contributed by atoms with van der Waals surface area (Å²) in [6.07, 6.45) is -4.79. The van der Waals surface area contributed by atoms with Gasteiger partial charge in [0.15, 0.2) is 0 Å². The molecule has 0 aliphatic rings. The zero-order valence-corrected chi connectivity index (χ0v) is 17.8. The second-order valence-corrected chi connectivity index (χ2v) is 6.83. The monoisotopic (exact) mass is 459 g/mol. The van der Waals surface area contributed by atoms with E-state index in [1.807, 2.05) is 6.07 Å².